The highest BCUT2D eigenvalue weighted by Gasteiger charge is 2.17. The topological polar surface area (TPSA) is 69.4 Å². The number of nitro groups is 1. The maximum Gasteiger partial charge on any atom is 0.384 e. The Bertz CT molecular complexity index is 545. The van der Waals surface area contributed by atoms with Gasteiger partial charge in [0.1, 0.15) is 5.82 Å². The van der Waals surface area contributed by atoms with Gasteiger partial charge >= 0.3 is 11.7 Å². The van der Waals surface area contributed by atoms with Crippen LogP contribution in [0.3, 0.4) is 0 Å². The number of ether oxygens (including phenoxy) is 1. The summed E-state index contributed by atoms with van der Waals surface area (Å²) in [6.07, 6.45) is 0. The first-order valence-corrected chi connectivity index (χ1v) is 4.19. The number of halogens is 2. The van der Waals surface area contributed by atoms with E-state index in [9.17, 15) is 23.7 Å². The first kappa shape index (κ1) is 12.6. The Balaban J connectivity index is 3.24. The molecule has 1 aromatic carbocycles. The smallest absolute Gasteiger partial charge is 0.384 e. The summed E-state index contributed by atoms with van der Waals surface area (Å²) in [5.41, 5.74) is -1.37. The van der Waals surface area contributed by atoms with E-state index in [1.807, 2.05) is 11.8 Å². The van der Waals surface area contributed by atoms with Crippen molar-refractivity contribution in [2.75, 3.05) is 7.11 Å². The van der Waals surface area contributed by atoms with E-state index in [0.29, 0.717) is 12.1 Å². The molecule has 7 heteroatoms. The first-order chi connectivity index (χ1) is 7.95. The van der Waals surface area contributed by atoms with Gasteiger partial charge in [0, 0.05) is 18.1 Å². The van der Waals surface area contributed by atoms with Gasteiger partial charge in [-0.25, -0.2) is 9.18 Å². The molecule has 88 valence electrons. The second kappa shape index (κ2) is 5.03. The molecule has 5 nitrogen and oxygen atoms in total. The van der Waals surface area contributed by atoms with Gasteiger partial charge < -0.3 is 4.74 Å². The Morgan fingerprint density at radius 2 is 2.06 bits per heavy atom. The Labute approximate surface area is 94.1 Å². The van der Waals surface area contributed by atoms with Crippen molar-refractivity contribution in [2.24, 2.45) is 0 Å². The summed E-state index contributed by atoms with van der Waals surface area (Å²) in [6, 6.07) is 0.944. The molecule has 0 fully saturated rings. The van der Waals surface area contributed by atoms with E-state index in [1.54, 1.807) is 0 Å². The van der Waals surface area contributed by atoms with Crippen LogP contribution in [0.25, 0.3) is 0 Å². The zero-order chi connectivity index (χ0) is 13.0. The van der Waals surface area contributed by atoms with Crippen molar-refractivity contribution in [3.8, 4) is 11.8 Å². The molecule has 0 unspecified atom stereocenters. The Kier molecular flexibility index (Phi) is 3.72. The summed E-state index contributed by atoms with van der Waals surface area (Å²) >= 11 is 0. The summed E-state index contributed by atoms with van der Waals surface area (Å²) in [4.78, 5) is 20.0. The summed E-state index contributed by atoms with van der Waals surface area (Å²) in [6.45, 7) is 0. The van der Waals surface area contributed by atoms with Crippen molar-refractivity contribution >= 4 is 11.7 Å². The fraction of sp³-hybridized carbons (Fsp3) is 0.100. The van der Waals surface area contributed by atoms with Crippen LogP contribution in [0.15, 0.2) is 12.1 Å². The third-order valence-electron chi connectivity index (χ3n) is 1.72. The van der Waals surface area contributed by atoms with Crippen molar-refractivity contribution in [1.29, 1.82) is 0 Å². The molecule has 0 heterocycles. The molecule has 1 rings (SSSR count). The number of methoxy groups -OCH3 is 1. The van der Waals surface area contributed by atoms with Crippen molar-refractivity contribution < 1.29 is 23.2 Å². The van der Waals surface area contributed by atoms with Gasteiger partial charge in [-0.1, -0.05) is 5.92 Å². The van der Waals surface area contributed by atoms with Crippen LogP contribution in [0.2, 0.25) is 0 Å². The van der Waals surface area contributed by atoms with Gasteiger partial charge in [0.2, 0.25) is 5.82 Å². The highest BCUT2D eigenvalue weighted by molar-refractivity contribution is 5.89. The van der Waals surface area contributed by atoms with Gasteiger partial charge in [0.15, 0.2) is 0 Å². The van der Waals surface area contributed by atoms with Crippen LogP contribution in [0.5, 0.6) is 0 Å². The summed E-state index contributed by atoms with van der Waals surface area (Å²) in [5, 5.41) is 10.4. The molecule has 17 heavy (non-hydrogen) atoms. The van der Waals surface area contributed by atoms with Gasteiger partial charge in [-0.2, -0.15) is 4.39 Å². The highest BCUT2D eigenvalue weighted by atomic mass is 19.1. The number of nitro benzene ring substituents is 1. The van der Waals surface area contributed by atoms with Crippen LogP contribution >= 0.6 is 0 Å². The van der Waals surface area contributed by atoms with Crippen LogP contribution in [0.4, 0.5) is 14.5 Å². The molecule has 0 aliphatic rings. The van der Waals surface area contributed by atoms with E-state index in [4.69, 9.17) is 0 Å². The first-order valence-electron chi connectivity index (χ1n) is 4.19. The fourth-order valence-corrected chi connectivity index (χ4v) is 0.943. The molecule has 0 amide bonds. The molecular weight excluding hydrogens is 236 g/mol. The minimum Gasteiger partial charge on any atom is -0.459 e. The van der Waals surface area contributed by atoms with Crippen LogP contribution in [-0.2, 0) is 9.53 Å². The monoisotopic (exact) mass is 241 g/mol. The molecule has 0 saturated carbocycles. The SMILES string of the molecule is COC(=O)C#Cc1cc([N+](=O)[O-])c(F)cc1F. The summed E-state index contributed by atoms with van der Waals surface area (Å²) in [7, 11) is 1.07. The van der Waals surface area contributed by atoms with Crippen LogP contribution in [0, 0.1) is 33.6 Å². The number of rotatable bonds is 1. The van der Waals surface area contributed by atoms with Crippen LogP contribution in [-0.4, -0.2) is 18.0 Å². The summed E-state index contributed by atoms with van der Waals surface area (Å²) < 4.78 is 30.2. The van der Waals surface area contributed by atoms with E-state index in [0.717, 1.165) is 7.11 Å². The van der Waals surface area contributed by atoms with Crippen molar-refractivity contribution in [1.82, 2.24) is 0 Å². The van der Waals surface area contributed by atoms with E-state index in [2.05, 4.69) is 4.74 Å². The molecule has 0 aliphatic heterocycles. The van der Waals surface area contributed by atoms with E-state index >= 15 is 0 Å². The van der Waals surface area contributed by atoms with Gasteiger partial charge in [-0.05, 0) is 0 Å². The Morgan fingerprint density at radius 3 is 2.59 bits per heavy atom. The lowest BCUT2D eigenvalue weighted by molar-refractivity contribution is -0.387. The molecule has 0 bridgehead atoms. The maximum absolute atomic E-state index is 13.1. The third-order valence-corrected chi connectivity index (χ3v) is 1.72. The largest absolute Gasteiger partial charge is 0.459 e. The lowest BCUT2D eigenvalue weighted by Crippen LogP contribution is -1.98. The fourth-order valence-electron chi connectivity index (χ4n) is 0.943. The molecule has 0 saturated heterocycles. The number of nitrogens with zero attached hydrogens (tertiary/aromatic N) is 1. The predicted octanol–water partition coefficient (Wildman–Crippen LogP) is 1.40. The number of hydrogen-bond donors (Lipinski definition) is 0. The highest BCUT2D eigenvalue weighted by Crippen LogP contribution is 2.20. The molecule has 1 aromatic rings. The molecule has 0 N–H and O–H groups in total. The van der Waals surface area contributed by atoms with Crippen molar-refractivity contribution in [3.63, 3.8) is 0 Å². The quantitative estimate of drug-likeness (QED) is 0.322. The number of carbonyl (C=O) groups excluding carboxylic acids is 1. The minimum absolute atomic E-state index is 0.333. The lowest BCUT2D eigenvalue weighted by atomic mass is 10.2. The Morgan fingerprint density at radius 1 is 1.41 bits per heavy atom. The van der Waals surface area contributed by atoms with Crippen molar-refractivity contribution in [2.45, 2.75) is 0 Å². The predicted molar refractivity (Wildman–Crippen MR) is 51.9 cm³/mol. The molecule has 0 atom stereocenters. The average Bonchev–Trinajstić information content (AvgIpc) is 2.26. The second-order valence-electron chi connectivity index (χ2n) is 2.78. The number of esters is 1. The van der Waals surface area contributed by atoms with Gasteiger partial charge in [0.05, 0.1) is 17.6 Å². The maximum atomic E-state index is 13.1. The van der Waals surface area contributed by atoms with E-state index in [1.165, 1.54) is 0 Å². The van der Waals surface area contributed by atoms with E-state index in [-0.39, 0.29) is 0 Å². The van der Waals surface area contributed by atoms with Crippen LogP contribution in [0.1, 0.15) is 5.56 Å². The molecular formula is C10H5F2NO4. The third kappa shape index (κ3) is 2.98. The van der Waals surface area contributed by atoms with Crippen molar-refractivity contribution in [3.05, 3.63) is 39.4 Å². The van der Waals surface area contributed by atoms with Gasteiger partial charge in [-0.3, -0.25) is 10.1 Å². The van der Waals surface area contributed by atoms with E-state index < -0.39 is 33.8 Å². The van der Waals surface area contributed by atoms with Gasteiger partial charge in [0.25, 0.3) is 0 Å². The standard InChI is InChI=1S/C10H5F2NO4/c1-17-10(14)3-2-6-4-9(13(15)16)8(12)5-7(6)11/h4-5H,1H3. The number of hydrogen-bond acceptors (Lipinski definition) is 4. The number of carbonyl (C=O) groups is 1. The molecule has 0 spiro atoms. The molecule has 0 aromatic heterocycles. The zero-order valence-corrected chi connectivity index (χ0v) is 8.49. The molecule has 0 aliphatic carbocycles. The number of benzene rings is 1. The van der Waals surface area contributed by atoms with Crippen LogP contribution < -0.4 is 0 Å². The van der Waals surface area contributed by atoms with Gasteiger partial charge in [-0.15, -0.1) is 0 Å². The second-order valence-corrected chi connectivity index (χ2v) is 2.78. The Hall–Kier alpha value is -2.49. The summed E-state index contributed by atoms with van der Waals surface area (Å²) in [5.74, 6) is 0.558. The minimum atomic E-state index is -1.31. The normalized spacial score (nSPS) is 9.12. The average molecular weight is 241 g/mol. The lowest BCUT2D eigenvalue weighted by Gasteiger charge is -1.96. The zero-order valence-electron chi connectivity index (χ0n) is 8.49. The molecule has 0 radical (unpaired) electrons.